The summed E-state index contributed by atoms with van der Waals surface area (Å²) in [7, 11) is 4.24. The largest absolute Gasteiger partial charge is 0.485 e. The maximum atomic E-state index is 6.70. The third-order valence-corrected chi connectivity index (χ3v) is 8.21. The maximum Gasteiger partial charge on any atom is 0.166 e. The molecule has 4 bridgehead atoms. The van der Waals surface area contributed by atoms with Crippen molar-refractivity contribution in [1.29, 1.82) is 0 Å². The second-order valence-electron chi connectivity index (χ2n) is 8.20. The van der Waals surface area contributed by atoms with E-state index in [-0.39, 0.29) is 43.6 Å². The van der Waals surface area contributed by atoms with E-state index in [0.717, 1.165) is 43.7 Å². The van der Waals surface area contributed by atoms with Gasteiger partial charge in [-0.05, 0) is 54.9 Å². The number of rotatable bonds is 2. The Hall–Kier alpha value is -0.142. The van der Waals surface area contributed by atoms with Gasteiger partial charge in [-0.15, -0.1) is 0 Å². The summed E-state index contributed by atoms with van der Waals surface area (Å²) in [5.41, 5.74) is 2.98. The average Bonchev–Trinajstić information content (AvgIpc) is 2.98. The number of piperidine rings is 1. The van der Waals surface area contributed by atoms with Crippen molar-refractivity contribution >= 4 is 9.47 Å². The van der Waals surface area contributed by atoms with Crippen LogP contribution in [0, 0.1) is 11.8 Å². The van der Waals surface area contributed by atoms with E-state index in [2.05, 4.69) is 33.3 Å². The van der Waals surface area contributed by atoms with Gasteiger partial charge in [-0.1, -0.05) is 6.07 Å². The summed E-state index contributed by atoms with van der Waals surface area (Å²) in [5, 5.41) is 3.85. The van der Waals surface area contributed by atoms with Crippen LogP contribution >= 0.6 is 9.47 Å². The molecule has 3 saturated carbocycles. The van der Waals surface area contributed by atoms with Gasteiger partial charge >= 0.3 is 0 Å². The molecule has 1 N–H and O–H groups in total. The van der Waals surface area contributed by atoms with Crippen molar-refractivity contribution in [3.05, 3.63) is 29.7 Å². The maximum absolute atomic E-state index is 6.70. The Bertz CT molecular complexity index is 748. The summed E-state index contributed by atoms with van der Waals surface area (Å²) in [6, 6.07) is 4.86. The van der Waals surface area contributed by atoms with Crippen LogP contribution in [-0.2, 0) is 37.6 Å². The van der Waals surface area contributed by atoms with Crippen LogP contribution in [0.3, 0.4) is 0 Å². The minimum Gasteiger partial charge on any atom is -0.485 e. The van der Waals surface area contributed by atoms with Crippen LogP contribution in [0.25, 0.3) is 0 Å². The van der Waals surface area contributed by atoms with Crippen molar-refractivity contribution in [2.24, 2.45) is 5.41 Å². The molecule has 2 aliphatic heterocycles. The number of ether oxygens (including phenoxy) is 2. The smallest absolute Gasteiger partial charge is 0.166 e. The zero-order valence-corrected chi connectivity index (χ0v) is 18.4. The fraction of sp³-hybridized carbons (Fsp3) is 0.632. The molecular formula is C19H23NO3PW-. The summed E-state index contributed by atoms with van der Waals surface area (Å²) < 4.78 is 18.4. The molecule has 6 atom stereocenters. The van der Waals surface area contributed by atoms with Crippen molar-refractivity contribution in [2.45, 2.75) is 55.3 Å². The Labute approximate surface area is 165 Å². The quantitative estimate of drug-likeness (QED) is 0.474. The van der Waals surface area contributed by atoms with Crippen molar-refractivity contribution in [2.75, 3.05) is 13.7 Å². The fourth-order valence-electron chi connectivity index (χ4n) is 7.02. The first-order valence-corrected chi connectivity index (χ1v) is 9.51. The van der Waals surface area contributed by atoms with Crippen molar-refractivity contribution in [1.82, 2.24) is 5.32 Å². The van der Waals surface area contributed by atoms with E-state index in [4.69, 9.17) is 14.0 Å². The first kappa shape index (κ1) is 17.0. The molecule has 134 valence electrons. The molecule has 25 heavy (non-hydrogen) atoms. The molecule has 1 saturated heterocycles. The molecule has 6 heteroatoms. The van der Waals surface area contributed by atoms with E-state index < -0.39 is 0 Å². The van der Waals surface area contributed by atoms with Crippen molar-refractivity contribution in [3.63, 3.8) is 0 Å². The van der Waals surface area contributed by atoms with Gasteiger partial charge in [-0.2, -0.15) is 6.42 Å². The first-order valence-electron chi connectivity index (χ1n) is 9.03. The molecule has 2 heterocycles. The van der Waals surface area contributed by atoms with Crippen LogP contribution < -0.4 is 14.6 Å². The Balaban J connectivity index is 0.00000140. The Morgan fingerprint density at radius 1 is 1.32 bits per heavy atom. The normalized spacial score (nSPS) is 44.6. The van der Waals surface area contributed by atoms with Gasteiger partial charge in [0.15, 0.2) is 11.5 Å². The van der Waals surface area contributed by atoms with Gasteiger partial charge in [-0.25, -0.2) is 0 Å². The second-order valence-corrected chi connectivity index (χ2v) is 8.43. The zero-order valence-electron chi connectivity index (χ0n) is 14.3. The number of nitrogens with one attached hydrogen (secondary N) is 1. The monoisotopic (exact) mass is 528 g/mol. The average molecular weight is 528 g/mol. The first-order chi connectivity index (χ1) is 11.7. The molecule has 0 aromatic heterocycles. The summed E-state index contributed by atoms with van der Waals surface area (Å²) in [5.74, 6) is 1.83. The van der Waals surface area contributed by atoms with Gasteiger partial charge in [0, 0.05) is 45.2 Å². The number of fused-ring (bicyclic) bond motifs is 2. The van der Waals surface area contributed by atoms with E-state index in [9.17, 15) is 0 Å². The predicted molar refractivity (Wildman–Crippen MR) is 93.3 cm³/mol. The number of methoxy groups -OCH3 is 1. The summed E-state index contributed by atoms with van der Waals surface area (Å²) >= 11 is 0. The minimum atomic E-state index is -0.255. The third kappa shape index (κ3) is 1.62. The Morgan fingerprint density at radius 3 is 2.92 bits per heavy atom. The molecular weight excluding hydrogens is 505 g/mol. The summed E-state index contributed by atoms with van der Waals surface area (Å²) in [4.78, 5) is 0. The van der Waals surface area contributed by atoms with Gasteiger partial charge in [0.05, 0.1) is 9.47 Å². The summed E-state index contributed by atoms with van der Waals surface area (Å²) in [6.45, 7) is 1.07. The van der Waals surface area contributed by atoms with E-state index in [1.165, 1.54) is 17.5 Å². The molecule has 4 fully saturated rings. The van der Waals surface area contributed by atoms with Gasteiger partial charge in [-0.3, -0.25) is 6.42 Å². The van der Waals surface area contributed by atoms with Crippen LogP contribution in [0.5, 0.6) is 11.5 Å². The van der Waals surface area contributed by atoms with E-state index in [1.54, 1.807) is 0 Å². The fourth-order valence-corrected chi connectivity index (χ4v) is 7.21. The molecule has 0 amide bonds. The molecule has 1 unspecified atom stereocenters. The SMILES string of the molecule is CO[C@@]12[CH-]C[C@]3(CC1)[C@H]1Cc4ccc(OP)c5c4[C@@]3(CCN1)[C@H]2O5.[W]. The van der Waals surface area contributed by atoms with Gasteiger partial charge in [0.1, 0.15) is 6.10 Å². The minimum absolute atomic E-state index is 0. The van der Waals surface area contributed by atoms with Gasteiger partial charge in [0.2, 0.25) is 0 Å². The summed E-state index contributed by atoms with van der Waals surface area (Å²) in [6.07, 6.45) is 8.16. The standard InChI is InChI=1S/C19H23NO3P.W/c1-21-18-6-4-17(5-7-18)13-10-11-2-3-12(23-24)15-14(11)19(17,8-9-20-13)16(18)22-15;/h2-3,6,13,16,20H,4-5,7-10,24H2,1H3;/q-1;/t13-,16+,17+,18+,19+;/m1./s1. The molecule has 7 rings (SSSR count). The van der Waals surface area contributed by atoms with Gasteiger partial charge < -0.3 is 19.3 Å². The predicted octanol–water partition coefficient (Wildman–Crippen LogP) is 2.54. The van der Waals surface area contributed by atoms with E-state index in [1.807, 2.05) is 7.11 Å². The molecule has 6 aliphatic rings. The Kier molecular flexibility index (Phi) is 3.55. The Morgan fingerprint density at radius 2 is 2.20 bits per heavy atom. The van der Waals surface area contributed by atoms with Crippen molar-refractivity contribution in [3.8, 4) is 11.5 Å². The van der Waals surface area contributed by atoms with E-state index in [0.29, 0.717) is 6.04 Å². The molecule has 1 aromatic carbocycles. The van der Waals surface area contributed by atoms with Gasteiger partial charge in [0.25, 0.3) is 0 Å². The second kappa shape index (κ2) is 5.22. The van der Waals surface area contributed by atoms with Crippen LogP contribution in [0.4, 0.5) is 0 Å². The molecule has 1 aromatic rings. The van der Waals surface area contributed by atoms with Crippen LogP contribution in [-0.4, -0.2) is 31.4 Å². The number of hydrogen-bond donors (Lipinski definition) is 1. The zero-order chi connectivity index (χ0) is 16.2. The number of benzene rings is 1. The molecule has 0 radical (unpaired) electrons. The van der Waals surface area contributed by atoms with Crippen LogP contribution in [0.15, 0.2) is 12.1 Å². The topological polar surface area (TPSA) is 39.7 Å². The van der Waals surface area contributed by atoms with E-state index >= 15 is 0 Å². The molecule has 4 aliphatic carbocycles. The third-order valence-electron chi connectivity index (χ3n) is 7.95. The number of hydrogen-bond acceptors (Lipinski definition) is 4. The molecule has 4 nitrogen and oxygen atoms in total. The van der Waals surface area contributed by atoms with Crippen LogP contribution in [0.2, 0.25) is 0 Å². The van der Waals surface area contributed by atoms with Crippen molar-refractivity contribution < 1.29 is 35.1 Å². The molecule has 2 spiro atoms. The van der Waals surface area contributed by atoms with Crippen LogP contribution in [0.1, 0.15) is 36.8 Å².